The maximum Gasteiger partial charge on any atom is 0.120 e. The zero-order valence-corrected chi connectivity index (χ0v) is 11.3. The highest BCUT2D eigenvalue weighted by atomic mass is 35.5. The van der Waals surface area contributed by atoms with E-state index in [0.29, 0.717) is 17.3 Å². The Morgan fingerprint density at radius 1 is 1.11 bits per heavy atom. The number of rotatable bonds is 3. The van der Waals surface area contributed by atoms with Gasteiger partial charge in [-0.2, -0.15) is 0 Å². The van der Waals surface area contributed by atoms with Crippen molar-refractivity contribution in [1.82, 2.24) is 0 Å². The molecule has 2 aromatic carbocycles. The zero-order valence-electron chi connectivity index (χ0n) is 10.5. The van der Waals surface area contributed by atoms with Gasteiger partial charge in [0, 0.05) is 16.3 Å². The van der Waals surface area contributed by atoms with E-state index in [9.17, 15) is 0 Å². The van der Waals surface area contributed by atoms with Gasteiger partial charge in [-0.1, -0.05) is 23.7 Å². The van der Waals surface area contributed by atoms with E-state index in [1.54, 1.807) is 0 Å². The van der Waals surface area contributed by atoms with Crippen LogP contribution in [0.25, 0.3) is 0 Å². The van der Waals surface area contributed by atoms with Crippen LogP contribution < -0.4 is 10.5 Å². The smallest absolute Gasteiger partial charge is 0.120 e. The van der Waals surface area contributed by atoms with E-state index < -0.39 is 0 Å². The molecule has 0 aromatic heterocycles. The van der Waals surface area contributed by atoms with Gasteiger partial charge in [0.15, 0.2) is 0 Å². The average Bonchev–Trinajstić information content (AvgIpc) is 2.27. The molecule has 0 fully saturated rings. The van der Waals surface area contributed by atoms with Crippen molar-refractivity contribution in [2.24, 2.45) is 0 Å². The topological polar surface area (TPSA) is 35.2 Å². The fraction of sp³-hybridized carbons (Fsp3) is 0.200. The minimum atomic E-state index is 0.383. The number of benzene rings is 2. The summed E-state index contributed by atoms with van der Waals surface area (Å²) in [6.07, 6.45) is 0. The average molecular weight is 262 g/mol. The van der Waals surface area contributed by atoms with Crippen LogP contribution in [0.3, 0.4) is 0 Å². The molecule has 2 rings (SSSR count). The summed E-state index contributed by atoms with van der Waals surface area (Å²) in [5.74, 6) is 0.840. The van der Waals surface area contributed by atoms with Crippen molar-refractivity contribution in [3.05, 3.63) is 58.1 Å². The van der Waals surface area contributed by atoms with Gasteiger partial charge in [-0.25, -0.2) is 0 Å². The number of hydrogen-bond acceptors (Lipinski definition) is 2. The summed E-state index contributed by atoms with van der Waals surface area (Å²) in [6.45, 7) is 4.47. The molecule has 94 valence electrons. The van der Waals surface area contributed by atoms with Gasteiger partial charge in [0.2, 0.25) is 0 Å². The molecule has 2 nitrogen and oxygen atoms in total. The van der Waals surface area contributed by atoms with Crippen LogP contribution >= 0.6 is 11.6 Å². The molecule has 0 spiro atoms. The standard InChI is InChI=1S/C15H16ClNO/c1-10-6-11(2)8-12(7-10)18-9-13-14(16)4-3-5-15(13)17/h3-8H,9,17H2,1-2H3. The highest BCUT2D eigenvalue weighted by Gasteiger charge is 2.05. The molecule has 0 atom stereocenters. The summed E-state index contributed by atoms with van der Waals surface area (Å²) in [4.78, 5) is 0. The third-order valence-corrected chi connectivity index (χ3v) is 3.09. The molecule has 0 amide bonds. The third kappa shape index (κ3) is 2.96. The Kier molecular flexibility index (Phi) is 3.78. The maximum absolute atomic E-state index is 6.10. The summed E-state index contributed by atoms with van der Waals surface area (Å²) < 4.78 is 5.75. The zero-order chi connectivity index (χ0) is 13.1. The lowest BCUT2D eigenvalue weighted by atomic mass is 10.1. The first-order valence-electron chi connectivity index (χ1n) is 5.80. The lowest BCUT2D eigenvalue weighted by Gasteiger charge is -2.11. The summed E-state index contributed by atoms with van der Waals surface area (Å²) in [6, 6.07) is 11.6. The minimum absolute atomic E-state index is 0.383. The third-order valence-electron chi connectivity index (χ3n) is 2.73. The molecular weight excluding hydrogens is 246 g/mol. The molecule has 0 saturated heterocycles. The molecule has 18 heavy (non-hydrogen) atoms. The number of nitrogens with two attached hydrogens (primary N) is 1. The van der Waals surface area contributed by atoms with Crippen LogP contribution in [0.4, 0.5) is 5.69 Å². The van der Waals surface area contributed by atoms with E-state index in [2.05, 4.69) is 6.07 Å². The van der Waals surface area contributed by atoms with Gasteiger partial charge in [-0.3, -0.25) is 0 Å². The van der Waals surface area contributed by atoms with Gasteiger partial charge in [0.05, 0.1) is 0 Å². The van der Waals surface area contributed by atoms with Gasteiger partial charge in [0.25, 0.3) is 0 Å². The first-order valence-corrected chi connectivity index (χ1v) is 6.18. The molecule has 0 aliphatic rings. The molecule has 0 heterocycles. The van der Waals surface area contributed by atoms with Crippen LogP contribution in [0.15, 0.2) is 36.4 Å². The second kappa shape index (κ2) is 5.32. The quantitative estimate of drug-likeness (QED) is 0.844. The molecular formula is C15H16ClNO. The summed E-state index contributed by atoms with van der Waals surface area (Å²) >= 11 is 6.10. The maximum atomic E-state index is 6.10. The second-order valence-corrected chi connectivity index (χ2v) is 4.83. The fourth-order valence-electron chi connectivity index (χ4n) is 1.90. The Morgan fingerprint density at radius 3 is 2.39 bits per heavy atom. The monoisotopic (exact) mass is 261 g/mol. The van der Waals surface area contributed by atoms with Crippen molar-refractivity contribution in [2.75, 3.05) is 5.73 Å². The number of halogens is 1. The molecule has 3 heteroatoms. The molecule has 2 N–H and O–H groups in total. The van der Waals surface area contributed by atoms with Crippen molar-refractivity contribution < 1.29 is 4.74 Å². The molecule has 0 aliphatic carbocycles. The number of anilines is 1. The molecule has 0 radical (unpaired) electrons. The molecule has 0 unspecified atom stereocenters. The Bertz CT molecular complexity index is 526. The largest absolute Gasteiger partial charge is 0.489 e. The number of ether oxygens (including phenoxy) is 1. The molecule has 0 bridgehead atoms. The van der Waals surface area contributed by atoms with Gasteiger partial charge >= 0.3 is 0 Å². The first kappa shape index (κ1) is 12.8. The molecule has 0 aliphatic heterocycles. The Hall–Kier alpha value is -1.67. The van der Waals surface area contributed by atoms with Crippen LogP contribution in [0.5, 0.6) is 5.75 Å². The normalized spacial score (nSPS) is 10.4. The molecule has 0 saturated carbocycles. The first-order chi connectivity index (χ1) is 8.56. The van der Waals surface area contributed by atoms with Crippen molar-refractivity contribution in [1.29, 1.82) is 0 Å². The Balaban J connectivity index is 2.16. The van der Waals surface area contributed by atoms with E-state index in [1.165, 1.54) is 11.1 Å². The summed E-state index contributed by atoms with van der Waals surface area (Å²) in [5, 5.41) is 0.638. The highest BCUT2D eigenvalue weighted by molar-refractivity contribution is 6.31. The number of nitrogen functional groups attached to an aromatic ring is 1. The van der Waals surface area contributed by atoms with E-state index in [1.807, 2.05) is 44.2 Å². The lowest BCUT2D eigenvalue weighted by Crippen LogP contribution is -2.01. The van der Waals surface area contributed by atoms with Crippen molar-refractivity contribution in [3.8, 4) is 5.75 Å². The Morgan fingerprint density at radius 2 is 1.78 bits per heavy atom. The lowest BCUT2D eigenvalue weighted by molar-refractivity contribution is 0.306. The van der Waals surface area contributed by atoms with Gasteiger partial charge in [-0.15, -0.1) is 0 Å². The van der Waals surface area contributed by atoms with E-state index in [-0.39, 0.29) is 0 Å². The SMILES string of the molecule is Cc1cc(C)cc(OCc2c(N)cccc2Cl)c1. The van der Waals surface area contributed by atoms with Crippen molar-refractivity contribution >= 4 is 17.3 Å². The Labute approximate surface area is 112 Å². The highest BCUT2D eigenvalue weighted by Crippen LogP contribution is 2.24. The van der Waals surface area contributed by atoms with Crippen LogP contribution in [0.2, 0.25) is 5.02 Å². The van der Waals surface area contributed by atoms with Crippen LogP contribution in [0.1, 0.15) is 16.7 Å². The van der Waals surface area contributed by atoms with E-state index >= 15 is 0 Å². The van der Waals surface area contributed by atoms with E-state index in [4.69, 9.17) is 22.1 Å². The van der Waals surface area contributed by atoms with Crippen LogP contribution in [-0.4, -0.2) is 0 Å². The summed E-state index contributed by atoms with van der Waals surface area (Å²) in [5.41, 5.74) is 9.73. The predicted molar refractivity (Wildman–Crippen MR) is 76.1 cm³/mol. The van der Waals surface area contributed by atoms with Crippen molar-refractivity contribution in [3.63, 3.8) is 0 Å². The number of hydrogen-bond donors (Lipinski definition) is 1. The van der Waals surface area contributed by atoms with Gasteiger partial charge < -0.3 is 10.5 Å². The minimum Gasteiger partial charge on any atom is -0.489 e. The van der Waals surface area contributed by atoms with Gasteiger partial charge in [-0.05, 0) is 49.2 Å². The fourth-order valence-corrected chi connectivity index (χ4v) is 2.14. The van der Waals surface area contributed by atoms with Crippen molar-refractivity contribution in [2.45, 2.75) is 20.5 Å². The predicted octanol–water partition coefficient (Wildman–Crippen LogP) is 4.12. The number of aryl methyl sites for hydroxylation is 2. The van der Waals surface area contributed by atoms with Crippen LogP contribution in [0, 0.1) is 13.8 Å². The molecule has 2 aromatic rings. The second-order valence-electron chi connectivity index (χ2n) is 4.42. The van der Waals surface area contributed by atoms with Gasteiger partial charge in [0.1, 0.15) is 12.4 Å². The van der Waals surface area contributed by atoms with E-state index in [0.717, 1.165) is 11.3 Å². The van der Waals surface area contributed by atoms with Crippen LogP contribution in [-0.2, 0) is 6.61 Å². The summed E-state index contributed by atoms with van der Waals surface area (Å²) in [7, 11) is 0.